The molecule has 2 aromatic heterocycles. The van der Waals surface area contributed by atoms with Gasteiger partial charge < -0.3 is 14.6 Å². The lowest BCUT2D eigenvalue weighted by molar-refractivity contribution is -0.120. The van der Waals surface area contributed by atoms with Crippen LogP contribution in [0.3, 0.4) is 0 Å². The number of aryl methyl sites for hydroxylation is 3. The van der Waals surface area contributed by atoms with Crippen LogP contribution < -0.4 is 10.2 Å². The number of nitrogens with one attached hydrogen (secondary N) is 1. The largest absolute Gasteiger partial charge is 0.443 e. The minimum Gasteiger partial charge on any atom is -0.443 e. The molecule has 1 aliphatic heterocycles. The summed E-state index contributed by atoms with van der Waals surface area (Å²) in [5.74, 6) is 2.27. The summed E-state index contributed by atoms with van der Waals surface area (Å²) < 4.78 is 5.82. The van der Waals surface area contributed by atoms with E-state index < -0.39 is 0 Å². The van der Waals surface area contributed by atoms with Crippen molar-refractivity contribution < 1.29 is 9.21 Å². The molecule has 4 rings (SSSR count). The number of carbonyl (C=O) groups is 1. The first kappa shape index (κ1) is 19.7. The van der Waals surface area contributed by atoms with Crippen molar-refractivity contribution in [1.82, 2.24) is 9.97 Å². The summed E-state index contributed by atoms with van der Waals surface area (Å²) in [4.78, 5) is 24.3. The average Bonchev–Trinajstić information content (AvgIpc) is 2.98. The van der Waals surface area contributed by atoms with Crippen LogP contribution in [0.25, 0.3) is 11.1 Å². The van der Waals surface area contributed by atoms with Gasteiger partial charge in [0, 0.05) is 29.4 Å². The maximum atomic E-state index is 13.0. The highest BCUT2D eigenvalue weighted by Crippen LogP contribution is 2.33. The number of fused-ring (bicyclic) bond motifs is 1. The third-order valence-corrected chi connectivity index (χ3v) is 6.15. The second-order valence-electron chi connectivity index (χ2n) is 7.74. The van der Waals surface area contributed by atoms with E-state index in [2.05, 4.69) is 15.2 Å². The van der Waals surface area contributed by atoms with Crippen LogP contribution in [-0.4, -0.2) is 29.0 Å². The van der Waals surface area contributed by atoms with Crippen LogP contribution in [0.1, 0.15) is 35.6 Å². The van der Waals surface area contributed by atoms with Crippen molar-refractivity contribution in [1.29, 1.82) is 0 Å². The number of rotatable bonds is 3. The summed E-state index contributed by atoms with van der Waals surface area (Å²) in [7, 11) is 0. The van der Waals surface area contributed by atoms with E-state index in [0.717, 1.165) is 53.2 Å². The van der Waals surface area contributed by atoms with Gasteiger partial charge in [0.25, 0.3) is 0 Å². The van der Waals surface area contributed by atoms with Gasteiger partial charge in [-0.1, -0.05) is 17.7 Å². The van der Waals surface area contributed by atoms with Crippen LogP contribution >= 0.6 is 11.6 Å². The number of nitrogens with zero attached hydrogens (tertiary/aromatic N) is 3. The van der Waals surface area contributed by atoms with Crippen LogP contribution in [0.5, 0.6) is 0 Å². The number of benzene rings is 1. The van der Waals surface area contributed by atoms with Crippen LogP contribution in [0.15, 0.2) is 22.6 Å². The predicted molar refractivity (Wildman–Crippen MR) is 116 cm³/mol. The molecule has 1 N–H and O–H groups in total. The molecule has 6 nitrogen and oxygen atoms in total. The lowest BCUT2D eigenvalue weighted by Crippen LogP contribution is -2.41. The van der Waals surface area contributed by atoms with Gasteiger partial charge in [0.2, 0.25) is 11.6 Å². The normalized spacial score (nSPS) is 17.0. The minimum absolute atomic E-state index is 0.0159. The van der Waals surface area contributed by atoms with E-state index in [4.69, 9.17) is 21.0 Å². The van der Waals surface area contributed by atoms with Gasteiger partial charge in [-0.15, -0.1) is 0 Å². The molecular formula is C22H25ClN4O2. The van der Waals surface area contributed by atoms with Crippen molar-refractivity contribution in [2.75, 3.05) is 23.3 Å². The van der Waals surface area contributed by atoms with Crippen LogP contribution in [0.4, 0.5) is 11.5 Å². The smallest absolute Gasteiger partial charge is 0.231 e. The molecular weight excluding hydrogens is 388 g/mol. The predicted octanol–water partition coefficient (Wildman–Crippen LogP) is 4.96. The molecule has 0 aliphatic carbocycles. The van der Waals surface area contributed by atoms with E-state index >= 15 is 0 Å². The van der Waals surface area contributed by atoms with E-state index in [9.17, 15) is 4.79 Å². The lowest BCUT2D eigenvalue weighted by Gasteiger charge is -2.33. The summed E-state index contributed by atoms with van der Waals surface area (Å²) in [6.45, 7) is 9.22. The van der Waals surface area contributed by atoms with Crippen molar-refractivity contribution in [3.05, 3.63) is 45.9 Å². The Morgan fingerprint density at radius 1 is 1.21 bits per heavy atom. The molecule has 7 heteroatoms. The van der Waals surface area contributed by atoms with Crippen LogP contribution in [-0.2, 0) is 4.79 Å². The zero-order valence-corrected chi connectivity index (χ0v) is 17.9. The van der Waals surface area contributed by atoms with Gasteiger partial charge in [0.15, 0.2) is 0 Å². The van der Waals surface area contributed by atoms with Gasteiger partial charge in [0.1, 0.15) is 17.4 Å². The molecule has 3 aromatic rings. The molecule has 3 heterocycles. The first-order chi connectivity index (χ1) is 13.8. The SMILES string of the molecule is Cc1nc(N2CCC[C@@H](C(=O)Nc3cccc(Cl)c3C)C2)c2c(C)c(C)oc2n1. The number of furan rings is 1. The quantitative estimate of drug-likeness (QED) is 0.657. The molecule has 1 amide bonds. The second kappa shape index (κ2) is 7.67. The van der Waals surface area contributed by atoms with E-state index in [1.807, 2.05) is 45.9 Å². The minimum atomic E-state index is -0.124. The van der Waals surface area contributed by atoms with E-state index in [-0.39, 0.29) is 11.8 Å². The number of hydrogen-bond donors (Lipinski definition) is 1. The maximum Gasteiger partial charge on any atom is 0.231 e. The molecule has 0 unspecified atom stereocenters. The average molecular weight is 413 g/mol. The van der Waals surface area contributed by atoms with Crippen LogP contribution in [0.2, 0.25) is 5.02 Å². The number of aromatic nitrogens is 2. The number of piperidine rings is 1. The van der Waals surface area contributed by atoms with Gasteiger partial charge in [0.05, 0.1) is 11.3 Å². The molecule has 0 saturated carbocycles. The fourth-order valence-corrected chi connectivity index (χ4v) is 4.10. The standard InChI is InChI=1S/C22H25ClN4O2/c1-12-14(3)29-22-19(12)20(24-15(4)25-22)27-10-6-7-16(11-27)21(28)26-18-9-5-8-17(23)13(18)2/h5,8-9,16H,6-7,10-11H2,1-4H3,(H,26,28)/t16-/m1/s1. The summed E-state index contributed by atoms with van der Waals surface area (Å²) in [5, 5.41) is 4.65. The highest BCUT2D eigenvalue weighted by atomic mass is 35.5. The van der Waals surface area contributed by atoms with E-state index in [1.54, 1.807) is 0 Å². The third kappa shape index (κ3) is 3.69. The van der Waals surface area contributed by atoms with Crippen molar-refractivity contribution >= 4 is 40.1 Å². The molecule has 0 bridgehead atoms. The number of amides is 1. The third-order valence-electron chi connectivity index (χ3n) is 5.74. The Kier molecular flexibility index (Phi) is 5.21. The van der Waals surface area contributed by atoms with Crippen molar-refractivity contribution in [2.45, 2.75) is 40.5 Å². The Morgan fingerprint density at radius 3 is 2.79 bits per heavy atom. The molecule has 0 spiro atoms. The number of hydrogen-bond acceptors (Lipinski definition) is 5. The highest BCUT2D eigenvalue weighted by Gasteiger charge is 2.29. The van der Waals surface area contributed by atoms with Crippen molar-refractivity contribution in [2.24, 2.45) is 5.92 Å². The van der Waals surface area contributed by atoms with E-state index in [0.29, 0.717) is 23.1 Å². The van der Waals surface area contributed by atoms with Crippen LogP contribution in [0, 0.1) is 33.6 Å². The van der Waals surface area contributed by atoms with Crippen molar-refractivity contribution in [3.63, 3.8) is 0 Å². The first-order valence-electron chi connectivity index (χ1n) is 9.90. The van der Waals surface area contributed by atoms with E-state index in [1.165, 1.54) is 0 Å². The molecule has 1 aromatic carbocycles. The number of carbonyl (C=O) groups excluding carboxylic acids is 1. The molecule has 1 aliphatic rings. The van der Waals surface area contributed by atoms with Gasteiger partial charge in [-0.3, -0.25) is 4.79 Å². The Balaban J connectivity index is 1.60. The molecule has 1 atom stereocenters. The fraction of sp³-hybridized carbons (Fsp3) is 0.409. The zero-order chi connectivity index (χ0) is 20.7. The molecule has 152 valence electrons. The maximum absolute atomic E-state index is 13.0. The van der Waals surface area contributed by atoms with Gasteiger partial charge >= 0.3 is 0 Å². The second-order valence-corrected chi connectivity index (χ2v) is 8.15. The summed E-state index contributed by atoms with van der Waals surface area (Å²) in [5.41, 5.74) is 3.31. The Labute approximate surface area is 175 Å². The monoisotopic (exact) mass is 412 g/mol. The Bertz CT molecular complexity index is 1090. The Morgan fingerprint density at radius 2 is 2.00 bits per heavy atom. The topological polar surface area (TPSA) is 71.3 Å². The number of halogens is 1. The lowest BCUT2D eigenvalue weighted by atomic mass is 9.96. The molecule has 0 radical (unpaired) electrons. The summed E-state index contributed by atoms with van der Waals surface area (Å²) >= 11 is 6.19. The summed E-state index contributed by atoms with van der Waals surface area (Å²) in [6.07, 6.45) is 1.77. The van der Waals surface area contributed by atoms with Gasteiger partial charge in [-0.2, -0.15) is 4.98 Å². The fourth-order valence-electron chi connectivity index (χ4n) is 3.92. The van der Waals surface area contributed by atoms with Crippen molar-refractivity contribution in [3.8, 4) is 0 Å². The zero-order valence-electron chi connectivity index (χ0n) is 17.2. The Hall–Kier alpha value is -2.60. The first-order valence-corrected chi connectivity index (χ1v) is 10.3. The molecule has 1 saturated heterocycles. The summed E-state index contributed by atoms with van der Waals surface area (Å²) in [6, 6.07) is 5.56. The number of anilines is 2. The molecule has 1 fully saturated rings. The highest BCUT2D eigenvalue weighted by molar-refractivity contribution is 6.31. The van der Waals surface area contributed by atoms with Gasteiger partial charge in [-0.05, 0) is 58.2 Å². The molecule has 29 heavy (non-hydrogen) atoms. The van der Waals surface area contributed by atoms with Gasteiger partial charge in [-0.25, -0.2) is 4.98 Å².